The number of amides is 1. The number of nitrogens with one attached hydrogen (secondary N) is 1. The first-order chi connectivity index (χ1) is 11.9. The van der Waals surface area contributed by atoms with E-state index in [-0.39, 0.29) is 11.9 Å². The van der Waals surface area contributed by atoms with E-state index in [4.69, 9.17) is 27.9 Å². The Labute approximate surface area is 162 Å². The fourth-order valence-electron chi connectivity index (χ4n) is 2.34. The summed E-state index contributed by atoms with van der Waals surface area (Å²) in [4.78, 5) is 15.8. The van der Waals surface area contributed by atoms with E-state index in [1.165, 1.54) is 11.3 Å². The van der Waals surface area contributed by atoms with Crippen molar-refractivity contribution in [1.82, 2.24) is 4.90 Å². The summed E-state index contributed by atoms with van der Waals surface area (Å²) in [6, 6.07) is 8.55. The van der Waals surface area contributed by atoms with Gasteiger partial charge in [-0.05, 0) is 37.3 Å². The maximum Gasteiger partial charge on any atom is 0.241 e. The second-order valence-electron chi connectivity index (χ2n) is 5.43. The molecule has 0 unspecified atom stereocenters. The summed E-state index contributed by atoms with van der Waals surface area (Å²) in [6.07, 6.45) is 1.78. The maximum atomic E-state index is 12.7. The van der Waals surface area contributed by atoms with Crippen LogP contribution in [0.1, 0.15) is 11.8 Å². The lowest BCUT2D eigenvalue weighted by Crippen LogP contribution is -2.41. The molecule has 0 fully saturated rings. The average Bonchev–Trinajstić information content (AvgIpc) is 2.99. The molecule has 134 valence electrons. The summed E-state index contributed by atoms with van der Waals surface area (Å²) >= 11 is 13.5. The third kappa shape index (κ3) is 5.47. The molecule has 2 aromatic rings. The highest BCUT2D eigenvalue weighted by atomic mass is 35.5. The maximum absolute atomic E-state index is 12.7. The Hall–Kier alpha value is -1.53. The summed E-state index contributed by atoms with van der Waals surface area (Å²) in [6.45, 7) is 6.83. The molecule has 0 aliphatic carbocycles. The molecule has 1 atom stereocenters. The molecule has 1 aromatic heterocycles. The van der Waals surface area contributed by atoms with Crippen molar-refractivity contribution in [3.63, 3.8) is 0 Å². The zero-order valence-corrected chi connectivity index (χ0v) is 16.4. The lowest BCUT2D eigenvalue weighted by atomic mass is 10.2. The van der Waals surface area contributed by atoms with Crippen molar-refractivity contribution in [1.29, 1.82) is 0 Å². The monoisotopic (exact) mass is 398 g/mol. The predicted molar refractivity (Wildman–Crippen MR) is 106 cm³/mol. The smallest absolute Gasteiger partial charge is 0.241 e. The Morgan fingerprint density at radius 3 is 2.76 bits per heavy atom. The van der Waals surface area contributed by atoms with E-state index in [2.05, 4.69) is 11.9 Å². The lowest BCUT2D eigenvalue weighted by Gasteiger charge is -2.26. The molecule has 0 aliphatic rings. The van der Waals surface area contributed by atoms with Gasteiger partial charge in [0.25, 0.3) is 0 Å². The van der Waals surface area contributed by atoms with E-state index in [9.17, 15) is 4.79 Å². The van der Waals surface area contributed by atoms with Gasteiger partial charge in [-0.1, -0.05) is 29.3 Å². The highest BCUT2D eigenvalue weighted by Gasteiger charge is 2.22. The zero-order chi connectivity index (χ0) is 18.4. The van der Waals surface area contributed by atoms with Crippen LogP contribution in [0, 0.1) is 0 Å². The minimum atomic E-state index is -0.373. The number of hydrogen-bond acceptors (Lipinski definition) is 4. The van der Waals surface area contributed by atoms with Crippen molar-refractivity contribution in [2.75, 3.05) is 19.0 Å². The molecule has 1 N–H and O–H groups in total. The molecule has 2 rings (SSSR count). The van der Waals surface area contributed by atoms with Crippen LogP contribution < -0.4 is 10.1 Å². The van der Waals surface area contributed by atoms with Crippen molar-refractivity contribution in [2.45, 2.75) is 19.5 Å². The van der Waals surface area contributed by atoms with Crippen LogP contribution in [0.15, 0.2) is 43.0 Å². The van der Waals surface area contributed by atoms with E-state index in [0.29, 0.717) is 29.5 Å². The summed E-state index contributed by atoms with van der Waals surface area (Å²) in [5, 5.41) is 3.41. The number of rotatable bonds is 8. The molecule has 1 amide bonds. The topological polar surface area (TPSA) is 41.6 Å². The van der Waals surface area contributed by atoms with Crippen LogP contribution in [0.5, 0.6) is 5.75 Å². The first-order valence-electron chi connectivity index (χ1n) is 7.68. The fourth-order valence-corrected chi connectivity index (χ4v) is 3.63. The van der Waals surface area contributed by atoms with Crippen molar-refractivity contribution >= 4 is 46.1 Å². The Morgan fingerprint density at radius 2 is 2.16 bits per heavy atom. The van der Waals surface area contributed by atoms with Crippen molar-refractivity contribution in [2.24, 2.45) is 0 Å². The van der Waals surface area contributed by atoms with Crippen molar-refractivity contribution < 1.29 is 9.53 Å². The number of hydrogen-bond donors (Lipinski definition) is 1. The number of halogens is 2. The number of benzene rings is 1. The number of methoxy groups -OCH3 is 1. The Balaban J connectivity index is 2.12. The van der Waals surface area contributed by atoms with Gasteiger partial charge in [-0.3, -0.25) is 9.69 Å². The van der Waals surface area contributed by atoms with E-state index in [0.717, 1.165) is 9.21 Å². The van der Waals surface area contributed by atoms with Crippen LogP contribution in [0.2, 0.25) is 9.36 Å². The molecule has 0 aliphatic heterocycles. The number of ether oxygens (including phenoxy) is 1. The Kier molecular flexibility index (Phi) is 7.32. The van der Waals surface area contributed by atoms with Gasteiger partial charge in [-0.25, -0.2) is 0 Å². The molecule has 0 bridgehead atoms. The summed E-state index contributed by atoms with van der Waals surface area (Å²) in [7, 11) is 1.55. The molecule has 0 spiro atoms. The zero-order valence-electron chi connectivity index (χ0n) is 14.1. The normalized spacial score (nSPS) is 12.0. The number of carbonyl (C=O) groups excluding carboxylic acids is 1. The molecule has 1 heterocycles. The summed E-state index contributed by atoms with van der Waals surface area (Å²) in [5.74, 6) is 0.412. The van der Waals surface area contributed by atoms with Crippen LogP contribution in [-0.4, -0.2) is 30.5 Å². The molecule has 0 radical (unpaired) electrons. The van der Waals surface area contributed by atoms with E-state index >= 15 is 0 Å². The van der Waals surface area contributed by atoms with Gasteiger partial charge in [0, 0.05) is 23.0 Å². The first kappa shape index (κ1) is 19.8. The predicted octanol–water partition coefficient (Wildman–Crippen LogP) is 5.08. The number of thiophene rings is 1. The van der Waals surface area contributed by atoms with Gasteiger partial charge in [-0.2, -0.15) is 0 Å². The van der Waals surface area contributed by atoms with Crippen LogP contribution in [-0.2, 0) is 11.3 Å². The molecule has 7 heteroatoms. The van der Waals surface area contributed by atoms with E-state index < -0.39 is 0 Å². The second-order valence-corrected chi connectivity index (χ2v) is 7.67. The average molecular weight is 399 g/mol. The minimum absolute atomic E-state index is 0.148. The van der Waals surface area contributed by atoms with E-state index in [1.54, 1.807) is 31.4 Å². The molecule has 0 saturated carbocycles. The van der Waals surface area contributed by atoms with Crippen molar-refractivity contribution in [3.05, 3.63) is 57.2 Å². The van der Waals surface area contributed by atoms with Gasteiger partial charge in [0.2, 0.25) is 5.91 Å². The third-order valence-electron chi connectivity index (χ3n) is 3.70. The molecular formula is C18H20Cl2N2O2S. The van der Waals surface area contributed by atoms with Crippen LogP contribution in [0.3, 0.4) is 0 Å². The number of carbonyl (C=O) groups is 1. The van der Waals surface area contributed by atoms with Gasteiger partial charge in [-0.15, -0.1) is 17.9 Å². The van der Waals surface area contributed by atoms with Gasteiger partial charge in [0.05, 0.1) is 23.2 Å². The largest absolute Gasteiger partial charge is 0.495 e. The first-order valence-corrected chi connectivity index (χ1v) is 9.25. The van der Waals surface area contributed by atoms with Gasteiger partial charge >= 0.3 is 0 Å². The highest BCUT2D eigenvalue weighted by molar-refractivity contribution is 7.16. The van der Waals surface area contributed by atoms with Crippen LogP contribution in [0.25, 0.3) is 0 Å². The van der Waals surface area contributed by atoms with Crippen LogP contribution in [0.4, 0.5) is 5.69 Å². The van der Waals surface area contributed by atoms with Gasteiger partial charge in [0.15, 0.2) is 0 Å². The second kappa shape index (κ2) is 9.25. The van der Waals surface area contributed by atoms with Gasteiger partial charge < -0.3 is 10.1 Å². The third-order valence-corrected chi connectivity index (χ3v) is 5.15. The molecule has 0 saturated heterocycles. The van der Waals surface area contributed by atoms with Crippen molar-refractivity contribution in [3.8, 4) is 5.75 Å². The quantitative estimate of drug-likeness (QED) is 0.630. The Morgan fingerprint density at radius 1 is 1.40 bits per heavy atom. The lowest BCUT2D eigenvalue weighted by molar-refractivity contribution is -0.120. The Bertz CT molecular complexity index is 748. The van der Waals surface area contributed by atoms with E-state index in [1.807, 2.05) is 24.0 Å². The standard InChI is InChI=1S/C18H20Cl2N2O2S/c1-4-9-22(11-14-6-8-17(20)25-14)12(2)18(23)21-15-10-13(19)5-7-16(15)24-3/h4-8,10,12H,1,9,11H2,2-3H3,(H,21,23)/t12-/m0/s1. The summed E-state index contributed by atoms with van der Waals surface area (Å²) in [5.41, 5.74) is 0.546. The molecule has 4 nitrogen and oxygen atoms in total. The molecule has 1 aromatic carbocycles. The SMILES string of the molecule is C=CCN(Cc1ccc(Cl)s1)[C@@H](C)C(=O)Nc1cc(Cl)ccc1OC. The summed E-state index contributed by atoms with van der Waals surface area (Å²) < 4.78 is 6.00. The number of anilines is 1. The molecule has 25 heavy (non-hydrogen) atoms. The number of nitrogens with zero attached hydrogens (tertiary/aromatic N) is 1. The fraction of sp³-hybridized carbons (Fsp3) is 0.278. The van der Waals surface area contributed by atoms with Crippen LogP contribution >= 0.6 is 34.5 Å². The minimum Gasteiger partial charge on any atom is -0.495 e. The highest BCUT2D eigenvalue weighted by Crippen LogP contribution is 2.28. The van der Waals surface area contributed by atoms with Gasteiger partial charge in [0.1, 0.15) is 5.75 Å². The molecular weight excluding hydrogens is 379 g/mol.